The molecule has 1 aromatic heterocycles. The van der Waals surface area contributed by atoms with E-state index >= 15 is 0 Å². The van der Waals surface area contributed by atoms with Crippen LogP contribution in [0, 0.1) is 6.92 Å². The number of carbonyl (C=O) groups is 2. The average molecular weight is 399 g/mol. The minimum absolute atomic E-state index is 0.0391. The van der Waals surface area contributed by atoms with Crippen LogP contribution in [0.2, 0.25) is 0 Å². The second-order valence-electron chi connectivity index (χ2n) is 7.88. The summed E-state index contributed by atoms with van der Waals surface area (Å²) >= 11 is 0. The highest BCUT2D eigenvalue weighted by Crippen LogP contribution is 2.45. The van der Waals surface area contributed by atoms with Crippen molar-refractivity contribution in [3.05, 3.63) is 95.3 Å². The maximum Gasteiger partial charge on any atom is 0.238 e. The molecule has 3 aromatic rings. The van der Waals surface area contributed by atoms with Gasteiger partial charge in [-0.1, -0.05) is 48.5 Å². The quantitative estimate of drug-likeness (QED) is 0.689. The van der Waals surface area contributed by atoms with Gasteiger partial charge in [-0.2, -0.15) is 0 Å². The number of aromatic nitrogens is 1. The van der Waals surface area contributed by atoms with Gasteiger partial charge in [0.05, 0.1) is 5.41 Å². The zero-order valence-corrected chi connectivity index (χ0v) is 17.3. The fourth-order valence-corrected chi connectivity index (χ4v) is 4.30. The van der Waals surface area contributed by atoms with Gasteiger partial charge in [0.2, 0.25) is 11.8 Å². The monoisotopic (exact) mass is 399 g/mol. The Morgan fingerprint density at radius 1 is 1.07 bits per heavy atom. The molecule has 2 aromatic carbocycles. The van der Waals surface area contributed by atoms with Crippen molar-refractivity contribution in [2.45, 2.75) is 31.7 Å². The predicted octanol–water partition coefficient (Wildman–Crippen LogP) is 3.55. The Bertz CT molecular complexity index is 1080. The number of carbonyl (C=O) groups excluding carboxylic acids is 2. The molecule has 0 saturated carbocycles. The van der Waals surface area contributed by atoms with Gasteiger partial charge in [-0.25, -0.2) is 0 Å². The van der Waals surface area contributed by atoms with Crippen LogP contribution in [0.5, 0.6) is 0 Å². The first-order valence-corrected chi connectivity index (χ1v) is 10.1. The van der Waals surface area contributed by atoms with E-state index in [-0.39, 0.29) is 18.2 Å². The van der Waals surface area contributed by atoms with Gasteiger partial charge in [0.1, 0.15) is 0 Å². The van der Waals surface area contributed by atoms with E-state index < -0.39 is 5.41 Å². The van der Waals surface area contributed by atoms with E-state index in [1.807, 2.05) is 67.6 Å². The third-order valence-corrected chi connectivity index (χ3v) is 5.92. The molecular weight excluding hydrogens is 374 g/mol. The van der Waals surface area contributed by atoms with E-state index in [2.05, 4.69) is 10.3 Å². The van der Waals surface area contributed by atoms with Crippen molar-refractivity contribution >= 4 is 17.5 Å². The Labute approximate surface area is 176 Å². The van der Waals surface area contributed by atoms with Crippen LogP contribution >= 0.6 is 0 Å². The first-order chi connectivity index (χ1) is 14.5. The molecule has 0 saturated heterocycles. The van der Waals surface area contributed by atoms with Crippen molar-refractivity contribution in [2.24, 2.45) is 0 Å². The van der Waals surface area contributed by atoms with Crippen LogP contribution in [0.1, 0.15) is 28.7 Å². The van der Waals surface area contributed by atoms with Gasteiger partial charge in [0.15, 0.2) is 0 Å². The lowest BCUT2D eigenvalue weighted by Crippen LogP contribution is -2.44. The zero-order valence-electron chi connectivity index (χ0n) is 17.3. The second kappa shape index (κ2) is 8.11. The molecule has 5 heteroatoms. The molecule has 4 rings (SSSR count). The second-order valence-corrected chi connectivity index (χ2v) is 7.88. The first-order valence-electron chi connectivity index (χ1n) is 10.1. The number of likely N-dealkylation sites (N-methyl/N-ethyl adjacent to an activating group) is 1. The lowest BCUT2D eigenvalue weighted by molar-refractivity contribution is -0.129. The minimum atomic E-state index is -0.913. The number of anilines is 1. The van der Waals surface area contributed by atoms with Crippen molar-refractivity contribution < 1.29 is 9.59 Å². The largest absolute Gasteiger partial charge is 0.352 e. The van der Waals surface area contributed by atoms with Crippen LogP contribution in [0.3, 0.4) is 0 Å². The standard InChI is InChI=1S/C25H25N3O2/c1-18-16-26-13-12-20(18)17-27-23(29)15-25(14-19-8-4-3-5-9-19)21-10-6-7-11-22(21)28(2)24(25)30/h3-13,16H,14-15,17H2,1-2H3,(H,27,29). The van der Waals surface area contributed by atoms with Crippen molar-refractivity contribution in [1.82, 2.24) is 10.3 Å². The van der Waals surface area contributed by atoms with Gasteiger partial charge in [-0.05, 0) is 47.7 Å². The topological polar surface area (TPSA) is 62.3 Å². The number of nitrogens with zero attached hydrogens (tertiary/aromatic N) is 2. The molecule has 0 spiro atoms. The molecule has 1 aliphatic heterocycles. The summed E-state index contributed by atoms with van der Waals surface area (Å²) in [6, 6.07) is 19.6. The number of hydrogen-bond donors (Lipinski definition) is 1. The number of benzene rings is 2. The highest BCUT2D eigenvalue weighted by Gasteiger charge is 2.50. The summed E-state index contributed by atoms with van der Waals surface area (Å²) in [6.07, 6.45) is 4.09. The van der Waals surface area contributed by atoms with Crippen LogP contribution in [-0.2, 0) is 28.0 Å². The molecule has 2 amide bonds. The van der Waals surface area contributed by atoms with E-state index in [1.54, 1.807) is 24.3 Å². The Kier molecular flexibility index (Phi) is 5.36. The molecule has 152 valence electrons. The van der Waals surface area contributed by atoms with E-state index in [4.69, 9.17) is 0 Å². The van der Waals surface area contributed by atoms with Gasteiger partial charge in [-0.15, -0.1) is 0 Å². The molecule has 2 heterocycles. The Morgan fingerprint density at radius 3 is 2.57 bits per heavy atom. The lowest BCUT2D eigenvalue weighted by Gasteiger charge is -2.28. The zero-order chi connectivity index (χ0) is 21.1. The number of amides is 2. The summed E-state index contributed by atoms with van der Waals surface area (Å²) in [5, 5.41) is 3.01. The number of nitrogens with one attached hydrogen (secondary N) is 1. The highest BCUT2D eigenvalue weighted by molar-refractivity contribution is 6.09. The molecular formula is C25H25N3O2. The Morgan fingerprint density at radius 2 is 1.80 bits per heavy atom. The molecule has 0 radical (unpaired) electrons. The molecule has 0 bridgehead atoms. The summed E-state index contributed by atoms with van der Waals surface area (Å²) in [5.74, 6) is -0.177. The summed E-state index contributed by atoms with van der Waals surface area (Å²) in [4.78, 5) is 32.3. The van der Waals surface area contributed by atoms with Gasteiger partial charge >= 0.3 is 0 Å². The number of pyridine rings is 1. The maximum atomic E-state index is 13.5. The molecule has 5 nitrogen and oxygen atoms in total. The summed E-state index contributed by atoms with van der Waals surface area (Å²) < 4.78 is 0. The molecule has 1 unspecified atom stereocenters. The average Bonchev–Trinajstić information content (AvgIpc) is 2.96. The van der Waals surface area contributed by atoms with Crippen molar-refractivity contribution in [1.29, 1.82) is 0 Å². The highest BCUT2D eigenvalue weighted by atomic mass is 16.2. The van der Waals surface area contributed by atoms with Crippen molar-refractivity contribution in [3.8, 4) is 0 Å². The normalized spacial score (nSPS) is 17.7. The van der Waals surface area contributed by atoms with Gasteiger partial charge in [0, 0.05) is 38.1 Å². The SMILES string of the molecule is Cc1cnccc1CNC(=O)CC1(Cc2ccccc2)C(=O)N(C)c2ccccc21. The smallest absolute Gasteiger partial charge is 0.238 e. The van der Waals surface area contributed by atoms with Gasteiger partial charge in [0.25, 0.3) is 0 Å². The van der Waals surface area contributed by atoms with E-state index in [0.717, 1.165) is 27.9 Å². The predicted molar refractivity (Wildman–Crippen MR) is 117 cm³/mol. The number of aryl methyl sites for hydroxylation is 1. The van der Waals surface area contributed by atoms with Crippen molar-refractivity contribution in [2.75, 3.05) is 11.9 Å². The molecule has 0 aliphatic carbocycles. The fraction of sp³-hybridized carbons (Fsp3) is 0.240. The molecule has 1 atom stereocenters. The van der Waals surface area contributed by atoms with Crippen LogP contribution in [0.25, 0.3) is 0 Å². The van der Waals surface area contributed by atoms with Gasteiger partial charge in [-0.3, -0.25) is 14.6 Å². The number of para-hydroxylation sites is 1. The van der Waals surface area contributed by atoms with Crippen LogP contribution < -0.4 is 10.2 Å². The van der Waals surface area contributed by atoms with E-state index in [1.165, 1.54) is 0 Å². The van der Waals surface area contributed by atoms with Gasteiger partial charge < -0.3 is 10.2 Å². The first kappa shape index (κ1) is 19.8. The fourth-order valence-electron chi connectivity index (χ4n) is 4.30. The van der Waals surface area contributed by atoms with Crippen LogP contribution in [-0.4, -0.2) is 23.8 Å². The number of rotatable bonds is 6. The lowest BCUT2D eigenvalue weighted by atomic mass is 9.73. The molecule has 1 aliphatic rings. The summed E-state index contributed by atoms with van der Waals surface area (Å²) in [6.45, 7) is 2.39. The Balaban J connectivity index is 1.64. The number of fused-ring (bicyclic) bond motifs is 1. The molecule has 1 N–H and O–H groups in total. The minimum Gasteiger partial charge on any atom is -0.352 e. The van der Waals surface area contributed by atoms with Crippen molar-refractivity contribution in [3.63, 3.8) is 0 Å². The van der Waals surface area contributed by atoms with Crippen LogP contribution in [0.15, 0.2) is 73.1 Å². The molecule has 0 fully saturated rings. The summed E-state index contributed by atoms with van der Waals surface area (Å²) in [7, 11) is 1.78. The van der Waals surface area contributed by atoms with Crippen LogP contribution in [0.4, 0.5) is 5.69 Å². The number of hydrogen-bond acceptors (Lipinski definition) is 3. The third kappa shape index (κ3) is 3.59. The third-order valence-electron chi connectivity index (χ3n) is 5.92. The Hall–Kier alpha value is -3.47. The summed E-state index contributed by atoms with van der Waals surface area (Å²) in [5.41, 5.74) is 3.95. The van der Waals surface area contributed by atoms with E-state index in [9.17, 15) is 9.59 Å². The molecule has 30 heavy (non-hydrogen) atoms. The maximum absolute atomic E-state index is 13.5. The van der Waals surface area contributed by atoms with E-state index in [0.29, 0.717) is 13.0 Å².